The number of hydrogen-bond donors (Lipinski definition) is 1. The molecule has 0 unspecified atom stereocenters. The molecule has 0 atom stereocenters. The van der Waals surface area contributed by atoms with E-state index in [-0.39, 0.29) is 22.7 Å². The van der Waals surface area contributed by atoms with Crippen LogP contribution in [0.4, 0.5) is 0 Å². The average Bonchev–Trinajstić information content (AvgIpc) is 3.10. The van der Waals surface area contributed by atoms with Gasteiger partial charge in [0.2, 0.25) is 11.2 Å². The first-order valence-corrected chi connectivity index (χ1v) is 5.76. The van der Waals surface area contributed by atoms with Gasteiger partial charge >= 0.3 is 0 Å². The summed E-state index contributed by atoms with van der Waals surface area (Å²) in [6, 6.07) is 0. The zero-order chi connectivity index (χ0) is 14.1. The highest BCUT2D eigenvalue weighted by Gasteiger charge is 2.11. The molecule has 0 saturated heterocycles. The Morgan fingerprint density at radius 3 is 2.70 bits per heavy atom. The lowest BCUT2D eigenvalue weighted by atomic mass is 10.4. The maximum atomic E-state index is 11.0. The van der Waals surface area contributed by atoms with Gasteiger partial charge in [0.25, 0.3) is 11.9 Å². The topological polar surface area (TPSA) is 117 Å². The van der Waals surface area contributed by atoms with Crippen molar-refractivity contribution in [1.29, 1.82) is 0 Å². The minimum atomic E-state index is -0.591. The van der Waals surface area contributed by atoms with Gasteiger partial charge in [-0.2, -0.15) is 20.1 Å². The Hall–Kier alpha value is -2.81. The second kappa shape index (κ2) is 4.70. The van der Waals surface area contributed by atoms with Crippen molar-refractivity contribution in [3.8, 4) is 11.9 Å². The zero-order valence-electron chi connectivity index (χ0n) is 9.88. The highest BCUT2D eigenvalue weighted by atomic mass is 35.5. The van der Waals surface area contributed by atoms with Crippen molar-refractivity contribution in [2.75, 3.05) is 0 Å². The van der Waals surface area contributed by atoms with Crippen LogP contribution in [0, 0.1) is 0 Å². The maximum absolute atomic E-state index is 11.0. The second-order valence-corrected chi connectivity index (χ2v) is 4.05. The lowest BCUT2D eigenvalue weighted by molar-refractivity contribution is 0.100. The van der Waals surface area contributed by atoms with Crippen LogP contribution in [0.25, 0.3) is 11.9 Å². The average molecular weight is 291 g/mol. The number of nitrogens with zero attached hydrogens (tertiary/aromatic N) is 7. The number of aromatic nitrogens is 7. The van der Waals surface area contributed by atoms with Gasteiger partial charge in [0.05, 0.1) is 11.8 Å². The van der Waals surface area contributed by atoms with Crippen molar-refractivity contribution >= 4 is 17.5 Å². The van der Waals surface area contributed by atoms with E-state index >= 15 is 0 Å². The number of amides is 1. The van der Waals surface area contributed by atoms with Crippen LogP contribution in [0.1, 0.15) is 10.4 Å². The lowest BCUT2D eigenvalue weighted by Crippen LogP contribution is -2.10. The summed E-state index contributed by atoms with van der Waals surface area (Å²) in [6.45, 7) is 0. The SMILES string of the molecule is NC(=O)c1cnn(-c2nc(Cl)nc(-n3ccnc3)n2)c1. The Kier molecular flexibility index (Phi) is 2.88. The van der Waals surface area contributed by atoms with Gasteiger partial charge in [-0.25, -0.2) is 9.67 Å². The van der Waals surface area contributed by atoms with Crippen molar-refractivity contribution in [3.05, 3.63) is 42.0 Å². The molecule has 3 rings (SSSR count). The fraction of sp³-hybridized carbons (Fsp3) is 0. The van der Waals surface area contributed by atoms with Gasteiger partial charge in [0.1, 0.15) is 6.33 Å². The summed E-state index contributed by atoms with van der Waals surface area (Å²) in [5, 5.41) is 3.95. The van der Waals surface area contributed by atoms with E-state index in [9.17, 15) is 4.79 Å². The number of imidazole rings is 1. The van der Waals surface area contributed by atoms with E-state index in [1.54, 1.807) is 17.0 Å². The smallest absolute Gasteiger partial charge is 0.256 e. The summed E-state index contributed by atoms with van der Waals surface area (Å²) in [6.07, 6.45) is 7.49. The van der Waals surface area contributed by atoms with Crippen LogP contribution in [0.3, 0.4) is 0 Å². The third-order valence-corrected chi connectivity index (χ3v) is 2.56. The highest BCUT2D eigenvalue weighted by molar-refractivity contribution is 6.28. The number of carbonyl (C=O) groups excluding carboxylic acids is 1. The molecule has 3 aromatic heterocycles. The molecule has 20 heavy (non-hydrogen) atoms. The monoisotopic (exact) mass is 290 g/mol. The first-order chi connectivity index (χ1) is 9.63. The van der Waals surface area contributed by atoms with Crippen molar-refractivity contribution < 1.29 is 4.79 Å². The molecule has 9 nitrogen and oxygen atoms in total. The number of nitrogens with two attached hydrogens (primary N) is 1. The molecular formula is C10H7ClN8O. The van der Waals surface area contributed by atoms with Crippen LogP contribution < -0.4 is 5.73 Å². The van der Waals surface area contributed by atoms with Crippen molar-refractivity contribution in [2.24, 2.45) is 5.73 Å². The fourth-order valence-corrected chi connectivity index (χ4v) is 1.64. The highest BCUT2D eigenvalue weighted by Crippen LogP contribution is 2.09. The van der Waals surface area contributed by atoms with Crippen LogP contribution in [0.15, 0.2) is 31.1 Å². The van der Waals surface area contributed by atoms with Gasteiger partial charge in [-0.3, -0.25) is 9.36 Å². The van der Waals surface area contributed by atoms with Gasteiger partial charge in [-0.1, -0.05) is 0 Å². The normalized spacial score (nSPS) is 10.7. The minimum Gasteiger partial charge on any atom is -0.366 e. The number of primary amides is 1. The largest absolute Gasteiger partial charge is 0.366 e. The Morgan fingerprint density at radius 1 is 1.25 bits per heavy atom. The van der Waals surface area contributed by atoms with Gasteiger partial charge < -0.3 is 5.73 Å². The maximum Gasteiger partial charge on any atom is 0.256 e. The molecule has 0 aromatic carbocycles. The number of halogens is 1. The molecule has 100 valence electrons. The number of carbonyl (C=O) groups is 1. The van der Waals surface area contributed by atoms with E-state index < -0.39 is 5.91 Å². The minimum absolute atomic E-state index is 0.00479. The molecule has 2 N–H and O–H groups in total. The van der Waals surface area contributed by atoms with Crippen molar-refractivity contribution in [1.82, 2.24) is 34.3 Å². The molecule has 0 radical (unpaired) electrons. The first kappa shape index (κ1) is 12.2. The van der Waals surface area contributed by atoms with Crippen molar-refractivity contribution in [3.63, 3.8) is 0 Å². The Bertz CT molecular complexity index is 765. The van der Waals surface area contributed by atoms with E-state index in [0.717, 1.165) is 0 Å². The van der Waals surface area contributed by atoms with Crippen LogP contribution in [0.5, 0.6) is 0 Å². The fourth-order valence-electron chi connectivity index (χ4n) is 1.48. The van der Waals surface area contributed by atoms with Crippen LogP contribution in [-0.4, -0.2) is 40.2 Å². The quantitative estimate of drug-likeness (QED) is 0.725. The summed E-state index contributed by atoms with van der Waals surface area (Å²) in [7, 11) is 0. The van der Waals surface area contributed by atoms with E-state index in [4.69, 9.17) is 17.3 Å². The van der Waals surface area contributed by atoms with E-state index in [2.05, 4.69) is 25.0 Å². The molecule has 0 aliphatic carbocycles. The third-order valence-electron chi connectivity index (χ3n) is 2.39. The molecule has 0 aliphatic heterocycles. The third kappa shape index (κ3) is 2.21. The molecule has 0 spiro atoms. The standard InChI is InChI=1S/C10H7ClN8O/c11-8-15-9(18-2-1-13-5-18)17-10(16-8)19-4-6(3-14-19)7(12)20/h1-5H,(H2,12,20). The zero-order valence-corrected chi connectivity index (χ0v) is 10.6. The molecule has 0 aliphatic rings. The van der Waals surface area contributed by atoms with E-state index in [0.29, 0.717) is 0 Å². The Balaban J connectivity index is 2.07. The molecule has 3 heterocycles. The molecule has 3 aromatic rings. The Labute approximate surface area is 117 Å². The number of hydrogen-bond acceptors (Lipinski definition) is 6. The molecule has 0 bridgehead atoms. The van der Waals surface area contributed by atoms with Gasteiger partial charge in [-0.15, -0.1) is 0 Å². The molecule has 10 heteroatoms. The molecular weight excluding hydrogens is 284 g/mol. The van der Waals surface area contributed by atoms with Crippen LogP contribution in [0.2, 0.25) is 5.28 Å². The Morgan fingerprint density at radius 2 is 2.05 bits per heavy atom. The van der Waals surface area contributed by atoms with E-state index in [1.807, 2.05) is 0 Å². The van der Waals surface area contributed by atoms with Crippen molar-refractivity contribution in [2.45, 2.75) is 0 Å². The summed E-state index contributed by atoms with van der Waals surface area (Å²) < 4.78 is 2.85. The van der Waals surface area contributed by atoms with Crippen LogP contribution in [-0.2, 0) is 0 Å². The predicted molar refractivity (Wildman–Crippen MR) is 67.6 cm³/mol. The first-order valence-electron chi connectivity index (χ1n) is 5.38. The van der Waals surface area contributed by atoms with Gasteiger partial charge in [-0.05, 0) is 11.6 Å². The molecule has 0 saturated carbocycles. The van der Waals surface area contributed by atoms with Gasteiger partial charge in [0, 0.05) is 18.6 Å². The summed E-state index contributed by atoms with van der Waals surface area (Å²) in [5.41, 5.74) is 5.40. The van der Waals surface area contributed by atoms with Gasteiger partial charge in [0.15, 0.2) is 0 Å². The second-order valence-electron chi connectivity index (χ2n) is 3.71. The number of rotatable bonds is 3. The lowest BCUT2D eigenvalue weighted by Gasteiger charge is -2.03. The van der Waals surface area contributed by atoms with E-state index in [1.165, 1.54) is 23.4 Å². The predicted octanol–water partition coefficient (Wildman–Crippen LogP) is -0.00470. The molecule has 0 fully saturated rings. The summed E-state index contributed by atoms with van der Waals surface area (Å²) in [4.78, 5) is 27.0. The molecule has 1 amide bonds. The summed E-state index contributed by atoms with van der Waals surface area (Å²) in [5.74, 6) is -0.138. The summed E-state index contributed by atoms with van der Waals surface area (Å²) >= 11 is 5.86. The van der Waals surface area contributed by atoms with Crippen LogP contribution >= 0.6 is 11.6 Å².